The second kappa shape index (κ2) is 9.74. The van der Waals surface area contributed by atoms with Crippen LogP contribution in [0.3, 0.4) is 0 Å². The van der Waals surface area contributed by atoms with Crippen LogP contribution in [0.1, 0.15) is 69.5 Å². The van der Waals surface area contributed by atoms with Crippen molar-refractivity contribution in [2.24, 2.45) is 0 Å². The lowest BCUT2D eigenvalue weighted by atomic mass is 9.81. The van der Waals surface area contributed by atoms with Crippen LogP contribution in [0.4, 0.5) is 16.3 Å². The zero-order valence-electron chi connectivity index (χ0n) is 21.3. The standard InChI is InChI=1S/C30H37N5O/c1-19(2)35-24-7-5-8-25(35)18-23(17-24)32-30(36)31-22-12-14-27-21(16-22)11-15-29(33-27)34-28-13-10-20-6-3-4-9-26(20)28/h3-4,6,9,11-12,14-16,19,23-25,28H,5,7-8,10,13,17-18H2,1-2H3,(H,33,34)(H2,31,32,36)/t23?,24-,25+,28-/m1/s1. The predicted molar refractivity (Wildman–Crippen MR) is 146 cm³/mol. The smallest absolute Gasteiger partial charge is 0.319 e. The van der Waals surface area contributed by atoms with Gasteiger partial charge in [0, 0.05) is 35.2 Å². The molecule has 3 aromatic rings. The molecule has 36 heavy (non-hydrogen) atoms. The Hall–Kier alpha value is -3.12. The number of nitrogens with one attached hydrogen (secondary N) is 3. The molecule has 2 fully saturated rings. The van der Waals surface area contributed by atoms with Gasteiger partial charge >= 0.3 is 6.03 Å². The van der Waals surface area contributed by atoms with Gasteiger partial charge in [0.2, 0.25) is 0 Å². The molecule has 1 aromatic heterocycles. The normalized spacial score (nSPS) is 25.5. The quantitative estimate of drug-likeness (QED) is 0.401. The fourth-order valence-electron chi connectivity index (χ4n) is 6.90. The Morgan fingerprint density at radius 2 is 1.81 bits per heavy atom. The van der Waals surface area contributed by atoms with Crippen molar-refractivity contribution in [2.75, 3.05) is 10.6 Å². The molecule has 0 radical (unpaired) electrons. The minimum atomic E-state index is -0.110. The number of fused-ring (bicyclic) bond motifs is 4. The van der Waals surface area contributed by atoms with E-state index in [2.05, 4.69) is 65.0 Å². The molecule has 3 aliphatic rings. The molecule has 2 amide bonds. The third-order valence-electron chi connectivity index (χ3n) is 8.36. The predicted octanol–water partition coefficient (Wildman–Crippen LogP) is 6.25. The van der Waals surface area contributed by atoms with Crippen LogP contribution in [-0.2, 0) is 6.42 Å². The van der Waals surface area contributed by atoms with Crippen LogP contribution in [0, 0.1) is 0 Å². The molecule has 3 heterocycles. The van der Waals surface area contributed by atoms with E-state index in [1.165, 1.54) is 30.4 Å². The minimum Gasteiger partial charge on any atom is -0.363 e. The lowest BCUT2D eigenvalue weighted by molar-refractivity contribution is 0.00233. The largest absolute Gasteiger partial charge is 0.363 e. The van der Waals surface area contributed by atoms with E-state index in [1.54, 1.807) is 0 Å². The molecule has 1 unspecified atom stereocenters. The number of hydrogen-bond acceptors (Lipinski definition) is 4. The number of amides is 2. The molecule has 188 valence electrons. The number of hydrogen-bond donors (Lipinski definition) is 3. The van der Waals surface area contributed by atoms with Crippen molar-refractivity contribution in [3.8, 4) is 0 Å². The summed E-state index contributed by atoms with van der Waals surface area (Å²) in [5, 5.41) is 10.9. The van der Waals surface area contributed by atoms with Gasteiger partial charge in [-0.2, -0.15) is 0 Å². The van der Waals surface area contributed by atoms with Gasteiger partial charge in [0.25, 0.3) is 0 Å². The molecule has 6 nitrogen and oxygen atoms in total. The Kier molecular flexibility index (Phi) is 6.30. The van der Waals surface area contributed by atoms with Crippen LogP contribution in [0.25, 0.3) is 10.9 Å². The highest BCUT2D eigenvalue weighted by Crippen LogP contribution is 2.36. The fraction of sp³-hybridized carbons (Fsp3) is 0.467. The molecular weight excluding hydrogens is 446 g/mol. The summed E-state index contributed by atoms with van der Waals surface area (Å²) in [4.78, 5) is 20.4. The van der Waals surface area contributed by atoms with Crippen molar-refractivity contribution in [3.63, 3.8) is 0 Å². The highest BCUT2D eigenvalue weighted by Gasteiger charge is 2.39. The average Bonchev–Trinajstić information content (AvgIpc) is 3.26. The number of aromatic nitrogens is 1. The van der Waals surface area contributed by atoms with Gasteiger partial charge in [0.15, 0.2) is 0 Å². The van der Waals surface area contributed by atoms with Crippen LogP contribution in [0.15, 0.2) is 54.6 Å². The molecule has 4 atom stereocenters. The molecule has 6 heteroatoms. The van der Waals surface area contributed by atoms with E-state index in [0.29, 0.717) is 24.2 Å². The third-order valence-corrected chi connectivity index (χ3v) is 8.36. The van der Waals surface area contributed by atoms with E-state index < -0.39 is 0 Å². The molecule has 0 saturated carbocycles. The summed E-state index contributed by atoms with van der Waals surface area (Å²) < 4.78 is 0. The Balaban J connectivity index is 1.08. The van der Waals surface area contributed by atoms with Crippen LogP contribution < -0.4 is 16.0 Å². The zero-order chi connectivity index (χ0) is 24.6. The number of benzene rings is 2. The van der Waals surface area contributed by atoms with Crippen LogP contribution in [-0.4, -0.2) is 40.1 Å². The number of anilines is 2. The Labute approximate surface area is 213 Å². The first-order chi connectivity index (χ1) is 17.5. The Bertz CT molecular complexity index is 1240. The van der Waals surface area contributed by atoms with Gasteiger partial charge < -0.3 is 16.0 Å². The molecule has 2 bridgehead atoms. The fourth-order valence-corrected chi connectivity index (χ4v) is 6.90. The van der Waals surface area contributed by atoms with Crippen molar-refractivity contribution < 1.29 is 4.79 Å². The number of rotatable bonds is 5. The number of piperidine rings is 2. The van der Waals surface area contributed by atoms with E-state index >= 15 is 0 Å². The maximum absolute atomic E-state index is 12.8. The Morgan fingerprint density at radius 1 is 1.00 bits per heavy atom. The molecule has 0 spiro atoms. The number of aryl methyl sites for hydroxylation is 1. The molecular formula is C30H37N5O. The maximum atomic E-state index is 12.8. The van der Waals surface area contributed by atoms with Crippen molar-refractivity contribution in [1.29, 1.82) is 0 Å². The highest BCUT2D eigenvalue weighted by atomic mass is 16.2. The molecule has 2 aromatic carbocycles. The van der Waals surface area contributed by atoms with Gasteiger partial charge in [-0.25, -0.2) is 9.78 Å². The molecule has 1 aliphatic carbocycles. The van der Waals surface area contributed by atoms with Gasteiger partial charge in [-0.15, -0.1) is 0 Å². The first kappa shape index (κ1) is 23.3. The van der Waals surface area contributed by atoms with Gasteiger partial charge in [-0.1, -0.05) is 30.7 Å². The lowest BCUT2D eigenvalue weighted by Crippen LogP contribution is -2.59. The Morgan fingerprint density at radius 3 is 2.61 bits per heavy atom. The van der Waals surface area contributed by atoms with Gasteiger partial charge in [0.05, 0.1) is 11.6 Å². The van der Waals surface area contributed by atoms with E-state index in [9.17, 15) is 4.79 Å². The maximum Gasteiger partial charge on any atom is 0.319 e. The number of pyridine rings is 1. The molecule has 2 saturated heterocycles. The van der Waals surface area contributed by atoms with E-state index in [-0.39, 0.29) is 12.1 Å². The van der Waals surface area contributed by atoms with Gasteiger partial charge in [0.1, 0.15) is 5.82 Å². The number of carbonyl (C=O) groups is 1. The SMILES string of the molecule is CC(C)N1[C@@H]2CCC[C@H]1CC(NC(=O)Nc1ccc3nc(N[C@@H]4CCc5ccccc54)ccc3c1)C2. The second-order valence-electron chi connectivity index (χ2n) is 11.1. The summed E-state index contributed by atoms with van der Waals surface area (Å²) in [6, 6.07) is 20.9. The average molecular weight is 484 g/mol. The number of urea groups is 1. The highest BCUT2D eigenvalue weighted by molar-refractivity contribution is 5.93. The number of carbonyl (C=O) groups excluding carboxylic acids is 1. The number of nitrogens with zero attached hydrogens (tertiary/aromatic N) is 2. The van der Waals surface area contributed by atoms with E-state index in [0.717, 1.165) is 48.1 Å². The van der Waals surface area contributed by atoms with Gasteiger partial charge in [-0.3, -0.25) is 4.90 Å². The van der Waals surface area contributed by atoms with Crippen LogP contribution >= 0.6 is 0 Å². The van der Waals surface area contributed by atoms with Gasteiger partial charge in [-0.05, 0) is 93.8 Å². The second-order valence-corrected chi connectivity index (χ2v) is 11.1. The summed E-state index contributed by atoms with van der Waals surface area (Å²) in [6.45, 7) is 4.60. The summed E-state index contributed by atoms with van der Waals surface area (Å²) in [5.41, 5.74) is 4.53. The zero-order valence-corrected chi connectivity index (χ0v) is 21.3. The monoisotopic (exact) mass is 483 g/mol. The van der Waals surface area contributed by atoms with Crippen molar-refractivity contribution in [1.82, 2.24) is 15.2 Å². The first-order valence-corrected chi connectivity index (χ1v) is 13.6. The lowest BCUT2D eigenvalue weighted by Gasteiger charge is -2.51. The van der Waals surface area contributed by atoms with Crippen LogP contribution in [0.5, 0.6) is 0 Å². The summed E-state index contributed by atoms with van der Waals surface area (Å²) >= 11 is 0. The van der Waals surface area contributed by atoms with Crippen molar-refractivity contribution in [3.05, 3.63) is 65.7 Å². The molecule has 3 N–H and O–H groups in total. The minimum absolute atomic E-state index is 0.110. The summed E-state index contributed by atoms with van der Waals surface area (Å²) in [7, 11) is 0. The van der Waals surface area contributed by atoms with E-state index in [4.69, 9.17) is 4.98 Å². The topological polar surface area (TPSA) is 69.3 Å². The molecule has 6 rings (SSSR count). The van der Waals surface area contributed by atoms with E-state index in [1.807, 2.05) is 24.3 Å². The summed E-state index contributed by atoms with van der Waals surface area (Å²) in [5.74, 6) is 0.890. The summed E-state index contributed by atoms with van der Waals surface area (Å²) in [6.07, 6.45) is 8.10. The van der Waals surface area contributed by atoms with Crippen molar-refractivity contribution >= 4 is 28.4 Å². The first-order valence-electron chi connectivity index (χ1n) is 13.6. The molecule has 2 aliphatic heterocycles. The third kappa shape index (κ3) is 4.66. The van der Waals surface area contributed by atoms with Crippen molar-refractivity contribution in [2.45, 2.75) is 89.0 Å². The van der Waals surface area contributed by atoms with Crippen LogP contribution in [0.2, 0.25) is 0 Å².